The normalized spacial score (nSPS) is 22.0. The Balaban J connectivity index is 1.40. The highest BCUT2D eigenvalue weighted by Crippen LogP contribution is 2.35. The third kappa shape index (κ3) is 3.83. The molecule has 28 heavy (non-hydrogen) atoms. The van der Waals surface area contributed by atoms with Crippen molar-refractivity contribution in [2.24, 2.45) is 5.92 Å². The van der Waals surface area contributed by atoms with Gasteiger partial charge in [0.2, 0.25) is 11.1 Å². The topological polar surface area (TPSA) is 86.3 Å². The van der Waals surface area contributed by atoms with Gasteiger partial charge in [0, 0.05) is 18.2 Å². The molecule has 1 aliphatic carbocycles. The molecule has 1 aliphatic heterocycles. The van der Waals surface area contributed by atoms with Crippen molar-refractivity contribution in [2.75, 3.05) is 25.3 Å². The Kier molecular flexibility index (Phi) is 5.75. The van der Waals surface area contributed by atoms with E-state index in [0.29, 0.717) is 28.7 Å². The molecule has 7 nitrogen and oxygen atoms in total. The molecule has 2 aliphatic rings. The van der Waals surface area contributed by atoms with Crippen LogP contribution in [0, 0.1) is 5.92 Å². The highest BCUT2D eigenvalue weighted by Gasteiger charge is 2.35. The van der Waals surface area contributed by atoms with Crippen LogP contribution in [0.15, 0.2) is 29.4 Å². The number of carbonyl (C=O) groups is 1. The molecule has 0 spiro atoms. The first kappa shape index (κ1) is 19.1. The second kappa shape index (κ2) is 8.43. The Hall–Kier alpha value is -2.22. The molecule has 0 bridgehead atoms. The number of fused-ring (bicyclic) bond motifs is 1. The molecule has 1 amide bonds. The molecule has 0 radical (unpaired) electrons. The van der Waals surface area contributed by atoms with Crippen molar-refractivity contribution in [2.45, 2.75) is 49.7 Å². The van der Waals surface area contributed by atoms with Gasteiger partial charge in [0.1, 0.15) is 5.75 Å². The summed E-state index contributed by atoms with van der Waals surface area (Å²) in [5, 5.41) is 8.93. The lowest BCUT2D eigenvalue weighted by Crippen LogP contribution is -2.50. The Bertz CT molecular complexity index is 821. The quantitative estimate of drug-likeness (QED) is 0.612. The van der Waals surface area contributed by atoms with Crippen molar-refractivity contribution in [3.8, 4) is 17.1 Å². The van der Waals surface area contributed by atoms with E-state index in [0.717, 1.165) is 30.7 Å². The summed E-state index contributed by atoms with van der Waals surface area (Å²) in [5.74, 6) is 8.77. The molecule has 2 heterocycles. The molecule has 150 valence electrons. The second-order valence-electron chi connectivity index (χ2n) is 7.53. The summed E-state index contributed by atoms with van der Waals surface area (Å²) in [5.41, 5.74) is 0.857. The molecule has 8 heteroatoms. The zero-order valence-corrected chi connectivity index (χ0v) is 17.0. The summed E-state index contributed by atoms with van der Waals surface area (Å²) in [6.07, 6.45) is 7.35. The van der Waals surface area contributed by atoms with Crippen LogP contribution in [0.2, 0.25) is 0 Å². The third-order valence-electron chi connectivity index (χ3n) is 5.90. The van der Waals surface area contributed by atoms with Crippen molar-refractivity contribution in [1.29, 1.82) is 0 Å². The number of likely N-dealkylation sites (tertiary alicyclic amines) is 1. The van der Waals surface area contributed by atoms with E-state index in [1.165, 1.54) is 42.1 Å². The monoisotopic (exact) mass is 401 g/mol. The van der Waals surface area contributed by atoms with Gasteiger partial charge in [-0.25, -0.2) is 4.68 Å². The standard InChI is InChI=1S/C20H27N5O2S/c1-27-16-10-8-15(9-11-16)19-22-23-20(25(19)21)28-13-18(26)24-12-4-6-14-5-2-3-7-17(14)24/h8-11,14,17H,2-7,12-13,21H2,1H3/t14-,17+/m0/s1. The number of nitrogens with two attached hydrogens (primary N) is 1. The van der Waals surface area contributed by atoms with E-state index in [9.17, 15) is 4.79 Å². The van der Waals surface area contributed by atoms with Gasteiger partial charge in [0.25, 0.3) is 0 Å². The zero-order chi connectivity index (χ0) is 19.5. The van der Waals surface area contributed by atoms with Crippen molar-refractivity contribution in [1.82, 2.24) is 19.8 Å². The number of ether oxygens (including phenoxy) is 1. The van der Waals surface area contributed by atoms with Gasteiger partial charge < -0.3 is 15.5 Å². The van der Waals surface area contributed by atoms with Crippen LogP contribution in [0.4, 0.5) is 0 Å². The lowest BCUT2D eigenvalue weighted by molar-refractivity contribution is -0.134. The number of rotatable bonds is 5. The number of nitrogen functional groups attached to an aromatic ring is 1. The van der Waals surface area contributed by atoms with E-state index in [-0.39, 0.29) is 5.91 Å². The number of carbonyl (C=O) groups excluding carboxylic acids is 1. The minimum Gasteiger partial charge on any atom is -0.497 e. The van der Waals surface area contributed by atoms with Crippen molar-refractivity contribution in [3.63, 3.8) is 0 Å². The molecule has 4 rings (SSSR count). The molecule has 1 aromatic carbocycles. The summed E-state index contributed by atoms with van der Waals surface area (Å²) in [4.78, 5) is 15.0. The van der Waals surface area contributed by atoms with Crippen LogP contribution in [-0.4, -0.2) is 51.1 Å². The zero-order valence-electron chi connectivity index (χ0n) is 16.2. The van der Waals surface area contributed by atoms with Crippen LogP contribution in [0.25, 0.3) is 11.4 Å². The van der Waals surface area contributed by atoms with Crippen LogP contribution in [0.5, 0.6) is 5.75 Å². The van der Waals surface area contributed by atoms with Crippen LogP contribution >= 0.6 is 11.8 Å². The Labute approximate surface area is 169 Å². The first-order valence-electron chi connectivity index (χ1n) is 9.94. The highest BCUT2D eigenvalue weighted by molar-refractivity contribution is 7.99. The average molecular weight is 402 g/mol. The maximum Gasteiger partial charge on any atom is 0.233 e. The first-order chi connectivity index (χ1) is 13.7. The van der Waals surface area contributed by atoms with E-state index in [4.69, 9.17) is 10.6 Å². The predicted octanol–water partition coefficient (Wildman–Crippen LogP) is 2.94. The number of hydrogen-bond donors (Lipinski definition) is 1. The number of piperidine rings is 1. The lowest BCUT2D eigenvalue weighted by atomic mass is 9.78. The Morgan fingerprint density at radius 1 is 1.18 bits per heavy atom. The number of hydrogen-bond acceptors (Lipinski definition) is 6. The van der Waals surface area contributed by atoms with Crippen molar-refractivity contribution in [3.05, 3.63) is 24.3 Å². The van der Waals surface area contributed by atoms with Crippen LogP contribution in [-0.2, 0) is 4.79 Å². The fourth-order valence-electron chi connectivity index (χ4n) is 4.46. The maximum absolute atomic E-state index is 12.9. The minimum absolute atomic E-state index is 0.190. The molecular formula is C20H27N5O2S. The van der Waals surface area contributed by atoms with Gasteiger partial charge in [-0.15, -0.1) is 10.2 Å². The Morgan fingerprint density at radius 3 is 2.71 bits per heavy atom. The molecule has 2 N–H and O–H groups in total. The van der Waals surface area contributed by atoms with Gasteiger partial charge in [0.15, 0.2) is 5.82 Å². The SMILES string of the molecule is COc1ccc(-c2nnc(SCC(=O)N3CCC[C@@H]4CCCC[C@H]43)n2N)cc1. The second-order valence-corrected chi connectivity index (χ2v) is 8.48. The predicted molar refractivity (Wildman–Crippen MR) is 110 cm³/mol. The third-order valence-corrected chi connectivity index (χ3v) is 6.83. The van der Waals surface area contributed by atoms with E-state index < -0.39 is 0 Å². The number of thioether (sulfide) groups is 1. The van der Waals surface area contributed by atoms with Gasteiger partial charge in [-0.3, -0.25) is 4.79 Å². The van der Waals surface area contributed by atoms with Crippen LogP contribution in [0.1, 0.15) is 38.5 Å². The fraction of sp³-hybridized carbons (Fsp3) is 0.550. The summed E-state index contributed by atoms with van der Waals surface area (Å²) in [6, 6.07) is 7.93. The smallest absolute Gasteiger partial charge is 0.233 e. The molecule has 2 atom stereocenters. The van der Waals surface area contributed by atoms with Gasteiger partial charge >= 0.3 is 0 Å². The number of nitrogens with zero attached hydrogens (tertiary/aromatic N) is 4. The molecule has 1 aromatic heterocycles. The molecular weight excluding hydrogens is 374 g/mol. The minimum atomic E-state index is 0.190. The summed E-state index contributed by atoms with van der Waals surface area (Å²) >= 11 is 1.36. The van der Waals surface area contributed by atoms with E-state index in [2.05, 4.69) is 15.1 Å². The largest absolute Gasteiger partial charge is 0.497 e. The molecule has 1 saturated carbocycles. The van der Waals surface area contributed by atoms with E-state index in [1.54, 1.807) is 7.11 Å². The number of methoxy groups -OCH3 is 1. The van der Waals surface area contributed by atoms with Crippen LogP contribution < -0.4 is 10.6 Å². The van der Waals surface area contributed by atoms with E-state index in [1.807, 2.05) is 24.3 Å². The van der Waals surface area contributed by atoms with Crippen molar-refractivity contribution < 1.29 is 9.53 Å². The van der Waals surface area contributed by atoms with Gasteiger partial charge in [0.05, 0.1) is 12.9 Å². The molecule has 2 aromatic rings. The van der Waals surface area contributed by atoms with E-state index >= 15 is 0 Å². The number of amides is 1. The number of aromatic nitrogens is 3. The van der Waals surface area contributed by atoms with Crippen molar-refractivity contribution >= 4 is 17.7 Å². The molecule has 1 saturated heterocycles. The molecule has 0 unspecified atom stereocenters. The highest BCUT2D eigenvalue weighted by atomic mass is 32.2. The van der Waals surface area contributed by atoms with Gasteiger partial charge in [-0.2, -0.15) is 0 Å². The lowest BCUT2D eigenvalue weighted by Gasteiger charge is -2.44. The summed E-state index contributed by atoms with van der Waals surface area (Å²) in [6.45, 7) is 0.882. The summed E-state index contributed by atoms with van der Waals surface area (Å²) in [7, 11) is 1.63. The Morgan fingerprint density at radius 2 is 1.93 bits per heavy atom. The average Bonchev–Trinajstić information content (AvgIpc) is 3.12. The summed E-state index contributed by atoms with van der Waals surface area (Å²) < 4.78 is 6.64. The van der Waals surface area contributed by atoms with Gasteiger partial charge in [-0.05, 0) is 55.9 Å². The van der Waals surface area contributed by atoms with Gasteiger partial charge in [-0.1, -0.05) is 24.6 Å². The first-order valence-corrected chi connectivity index (χ1v) is 10.9. The number of benzene rings is 1. The fourth-order valence-corrected chi connectivity index (χ4v) is 5.20. The molecule has 2 fully saturated rings. The maximum atomic E-state index is 12.9. The van der Waals surface area contributed by atoms with Crippen LogP contribution in [0.3, 0.4) is 0 Å².